The van der Waals surface area contributed by atoms with Crippen LogP contribution in [0, 0.1) is 0 Å². The van der Waals surface area contributed by atoms with Gasteiger partial charge in [-0.25, -0.2) is 15.0 Å². The maximum atomic E-state index is 6.05. The van der Waals surface area contributed by atoms with Gasteiger partial charge in [0.15, 0.2) is 5.58 Å². The maximum Gasteiger partial charge on any atom is 0.227 e. The Balaban J connectivity index is 1.12. The lowest BCUT2D eigenvalue weighted by atomic mass is 10.1. The molecule has 0 aliphatic heterocycles. The van der Waals surface area contributed by atoms with Gasteiger partial charge in [-0.2, -0.15) is 0 Å². The Kier molecular flexibility index (Phi) is 6.43. The molecule has 5 nitrogen and oxygen atoms in total. The Bertz CT molecular complexity index is 2280. The van der Waals surface area contributed by atoms with E-state index >= 15 is 0 Å². The van der Waals surface area contributed by atoms with Gasteiger partial charge in [0.05, 0.1) is 20.4 Å². The van der Waals surface area contributed by atoms with Crippen molar-refractivity contribution < 1.29 is 4.42 Å². The molecule has 218 valence electrons. The number of fused-ring (bicyclic) bond motifs is 3. The molecule has 46 heavy (non-hydrogen) atoms. The van der Waals surface area contributed by atoms with E-state index in [4.69, 9.17) is 19.4 Å². The number of oxazole rings is 1. The zero-order chi connectivity index (χ0) is 30.5. The van der Waals surface area contributed by atoms with Gasteiger partial charge in [0.1, 0.15) is 15.5 Å². The first kappa shape index (κ1) is 26.7. The second-order valence-electron chi connectivity index (χ2n) is 10.9. The third kappa shape index (κ3) is 4.83. The zero-order valence-corrected chi connectivity index (χ0v) is 26.0. The normalized spacial score (nSPS) is 11.5. The van der Waals surface area contributed by atoms with Gasteiger partial charge in [0.25, 0.3) is 0 Å². The maximum absolute atomic E-state index is 6.05. The van der Waals surface area contributed by atoms with Crippen molar-refractivity contribution in [2.75, 3.05) is 4.90 Å². The van der Waals surface area contributed by atoms with Crippen LogP contribution in [0.25, 0.3) is 64.1 Å². The molecule has 0 atom stereocenters. The predicted molar refractivity (Wildman–Crippen MR) is 191 cm³/mol. The van der Waals surface area contributed by atoms with Gasteiger partial charge >= 0.3 is 0 Å². The lowest BCUT2D eigenvalue weighted by Gasteiger charge is -2.26. The van der Waals surface area contributed by atoms with Crippen molar-refractivity contribution in [3.8, 4) is 32.6 Å². The van der Waals surface area contributed by atoms with Crippen LogP contribution in [0.2, 0.25) is 0 Å². The van der Waals surface area contributed by atoms with Gasteiger partial charge in [0, 0.05) is 33.8 Å². The van der Waals surface area contributed by atoms with Gasteiger partial charge < -0.3 is 9.32 Å². The minimum Gasteiger partial charge on any atom is -0.436 e. The number of aromatic nitrogens is 3. The number of thiazole rings is 2. The summed E-state index contributed by atoms with van der Waals surface area (Å²) in [5.74, 6) is 0.609. The minimum atomic E-state index is 0.609. The highest BCUT2D eigenvalue weighted by molar-refractivity contribution is 7.22. The summed E-state index contributed by atoms with van der Waals surface area (Å²) < 4.78 is 8.42. The molecule has 0 N–H and O–H groups in total. The Morgan fingerprint density at radius 3 is 1.63 bits per heavy atom. The fraction of sp³-hybridized carbons (Fsp3) is 0. The second kappa shape index (κ2) is 11.1. The quantitative estimate of drug-likeness (QED) is 0.183. The third-order valence-electron chi connectivity index (χ3n) is 7.98. The fourth-order valence-electron chi connectivity index (χ4n) is 5.72. The number of para-hydroxylation sites is 4. The van der Waals surface area contributed by atoms with E-state index in [0.717, 1.165) is 65.9 Å². The smallest absolute Gasteiger partial charge is 0.227 e. The van der Waals surface area contributed by atoms with Gasteiger partial charge in [-0.3, -0.25) is 0 Å². The summed E-state index contributed by atoms with van der Waals surface area (Å²) in [5.41, 5.74) is 9.88. The minimum absolute atomic E-state index is 0.609. The predicted octanol–water partition coefficient (Wildman–Crippen LogP) is 11.5. The number of hydrogen-bond donors (Lipinski definition) is 0. The fourth-order valence-corrected chi connectivity index (χ4v) is 7.65. The summed E-state index contributed by atoms with van der Waals surface area (Å²) >= 11 is 3.43. The molecule has 0 fully saturated rings. The van der Waals surface area contributed by atoms with E-state index in [-0.39, 0.29) is 0 Å². The summed E-state index contributed by atoms with van der Waals surface area (Å²) in [4.78, 5) is 16.8. The number of rotatable bonds is 6. The average Bonchev–Trinajstić information content (AvgIpc) is 3.86. The number of benzene rings is 6. The molecule has 0 aliphatic rings. The van der Waals surface area contributed by atoms with Gasteiger partial charge in [-0.1, -0.05) is 48.5 Å². The molecular weight excluding hydrogens is 605 g/mol. The van der Waals surface area contributed by atoms with Crippen LogP contribution in [0.1, 0.15) is 0 Å². The van der Waals surface area contributed by atoms with Crippen LogP contribution < -0.4 is 4.90 Å². The van der Waals surface area contributed by atoms with E-state index in [0.29, 0.717) is 5.89 Å². The second-order valence-corrected chi connectivity index (χ2v) is 13.0. The molecule has 9 aromatic rings. The lowest BCUT2D eigenvalue weighted by molar-refractivity contribution is 0.620. The summed E-state index contributed by atoms with van der Waals surface area (Å²) in [6, 6.07) is 50.0. The lowest BCUT2D eigenvalue weighted by Crippen LogP contribution is -2.10. The van der Waals surface area contributed by atoms with E-state index in [9.17, 15) is 0 Å². The third-order valence-corrected chi connectivity index (χ3v) is 10.1. The molecule has 0 unspecified atom stereocenters. The number of anilines is 3. The van der Waals surface area contributed by atoms with Crippen molar-refractivity contribution in [1.29, 1.82) is 0 Å². The molecule has 0 aliphatic carbocycles. The van der Waals surface area contributed by atoms with Crippen molar-refractivity contribution in [3.63, 3.8) is 0 Å². The molecule has 0 bridgehead atoms. The first-order valence-corrected chi connectivity index (χ1v) is 16.6. The van der Waals surface area contributed by atoms with Crippen molar-refractivity contribution in [2.45, 2.75) is 0 Å². The molecule has 3 heterocycles. The Labute approximate surface area is 272 Å². The summed E-state index contributed by atoms with van der Waals surface area (Å²) in [6.07, 6.45) is 0. The summed E-state index contributed by atoms with van der Waals surface area (Å²) in [7, 11) is 0. The molecule has 0 spiro atoms. The van der Waals surface area contributed by atoms with E-state index in [2.05, 4.69) is 114 Å². The Morgan fingerprint density at radius 2 is 1.00 bits per heavy atom. The average molecular weight is 629 g/mol. The highest BCUT2D eigenvalue weighted by atomic mass is 32.1. The van der Waals surface area contributed by atoms with E-state index < -0.39 is 0 Å². The molecular formula is C39H24N4OS2. The SMILES string of the molecule is c1cc(-c2nc3ccccc3s2)cc(N(c2ccc(-c3nc4ccccc4o3)cc2)c2ccc(-c3nc4ccccc4s3)cc2)c1. The van der Waals surface area contributed by atoms with Crippen molar-refractivity contribution >= 4 is 71.3 Å². The number of hydrogen-bond acceptors (Lipinski definition) is 7. The van der Waals surface area contributed by atoms with Gasteiger partial charge in [-0.15, -0.1) is 22.7 Å². The standard InChI is InChI=1S/C39H24N4OS2/c1-4-13-34-31(10-1)40-37(44-34)25-16-20-28(21-17-25)43(29-22-18-26(19-23-29)38-41-32-11-2-5-14-35(32)45-38)30-9-7-8-27(24-30)39-42-33-12-3-6-15-36(33)46-39/h1-24H. The molecule has 7 heteroatoms. The highest BCUT2D eigenvalue weighted by Crippen LogP contribution is 2.40. The highest BCUT2D eigenvalue weighted by Gasteiger charge is 2.17. The Hall–Kier alpha value is -5.63. The number of nitrogens with zero attached hydrogens (tertiary/aromatic N) is 4. The molecule has 9 rings (SSSR count). The van der Waals surface area contributed by atoms with Crippen LogP contribution in [0.4, 0.5) is 17.1 Å². The van der Waals surface area contributed by atoms with E-state index in [1.807, 2.05) is 36.4 Å². The Morgan fingerprint density at radius 1 is 0.435 bits per heavy atom. The van der Waals surface area contributed by atoms with E-state index in [1.165, 1.54) is 9.40 Å². The summed E-state index contributed by atoms with van der Waals surface area (Å²) in [6.45, 7) is 0. The summed E-state index contributed by atoms with van der Waals surface area (Å²) in [5, 5.41) is 2.01. The van der Waals surface area contributed by atoms with Crippen LogP contribution in [-0.4, -0.2) is 15.0 Å². The van der Waals surface area contributed by atoms with Crippen LogP contribution in [-0.2, 0) is 0 Å². The van der Waals surface area contributed by atoms with E-state index in [1.54, 1.807) is 22.7 Å². The first-order valence-electron chi connectivity index (χ1n) is 14.9. The molecule has 0 saturated carbocycles. The van der Waals surface area contributed by atoms with Crippen molar-refractivity contribution in [2.24, 2.45) is 0 Å². The molecule has 3 aromatic heterocycles. The van der Waals surface area contributed by atoms with Crippen LogP contribution in [0.3, 0.4) is 0 Å². The van der Waals surface area contributed by atoms with Crippen LogP contribution in [0.5, 0.6) is 0 Å². The monoisotopic (exact) mass is 628 g/mol. The van der Waals surface area contributed by atoms with Gasteiger partial charge in [-0.05, 0) is 97.1 Å². The van der Waals surface area contributed by atoms with Crippen molar-refractivity contribution in [3.05, 3.63) is 146 Å². The van der Waals surface area contributed by atoms with Crippen molar-refractivity contribution in [1.82, 2.24) is 15.0 Å². The molecule has 0 saturated heterocycles. The molecule has 0 amide bonds. The largest absolute Gasteiger partial charge is 0.436 e. The zero-order valence-electron chi connectivity index (χ0n) is 24.4. The van der Waals surface area contributed by atoms with Gasteiger partial charge in [0.2, 0.25) is 5.89 Å². The first-order chi connectivity index (χ1) is 22.7. The topological polar surface area (TPSA) is 55.1 Å². The molecule has 0 radical (unpaired) electrons. The van der Waals surface area contributed by atoms with Crippen LogP contribution >= 0.6 is 22.7 Å². The molecule has 6 aromatic carbocycles. The van der Waals surface area contributed by atoms with Crippen LogP contribution in [0.15, 0.2) is 150 Å².